The van der Waals surface area contributed by atoms with E-state index in [1.54, 1.807) is 37.3 Å². The van der Waals surface area contributed by atoms with Crippen molar-refractivity contribution in [3.63, 3.8) is 0 Å². The summed E-state index contributed by atoms with van der Waals surface area (Å²) < 4.78 is 4.58. The molecule has 0 saturated heterocycles. The van der Waals surface area contributed by atoms with E-state index in [1.165, 1.54) is 0 Å². The maximum atomic E-state index is 4.58. The molecule has 0 bridgehead atoms. The highest BCUT2D eigenvalue weighted by molar-refractivity contribution is 4.88. The summed E-state index contributed by atoms with van der Waals surface area (Å²) in [7, 11) is 0. The van der Waals surface area contributed by atoms with Crippen LogP contribution in [-0.4, -0.2) is 15.2 Å². The minimum Gasteiger partial charge on any atom is -0.473 e. The second-order valence-electron chi connectivity index (χ2n) is 2.58. The molecule has 0 aliphatic heterocycles. The van der Waals surface area contributed by atoms with Gasteiger partial charge in [-0.3, -0.25) is 10.1 Å². The molecule has 3 heterocycles. The molecule has 0 fully saturated rings. The van der Waals surface area contributed by atoms with E-state index in [1.807, 2.05) is 36.4 Å². The normalized spacial score (nSPS) is 8.00. The van der Waals surface area contributed by atoms with E-state index in [-0.39, 0.29) is 0 Å². The summed E-state index contributed by atoms with van der Waals surface area (Å²) >= 11 is 0. The Morgan fingerprint density at radius 2 is 1.50 bits per heavy atom. The summed E-state index contributed by atoms with van der Waals surface area (Å²) in [5.41, 5.74) is 0. The number of H-pyrrole nitrogens is 1. The van der Waals surface area contributed by atoms with Gasteiger partial charge in [-0.05, 0) is 30.3 Å². The smallest absolute Gasteiger partial charge is 0.0902 e. The molecule has 82 valence electrons. The second kappa shape index (κ2) is 9.21. The van der Waals surface area contributed by atoms with Crippen LogP contribution in [0.15, 0.2) is 78.1 Å². The Labute approximate surface area is 94.0 Å². The number of furan rings is 1. The Balaban J connectivity index is 0.000000121. The summed E-state index contributed by atoms with van der Waals surface area (Å²) in [4.78, 5) is 3.78. The number of pyridine rings is 1. The predicted octanol–water partition coefficient (Wildman–Crippen LogP) is 2.77. The summed E-state index contributed by atoms with van der Waals surface area (Å²) in [6.45, 7) is 0. The zero-order valence-corrected chi connectivity index (χ0v) is 8.73. The molecule has 0 aromatic carbocycles. The van der Waals surface area contributed by atoms with Crippen molar-refractivity contribution in [3.05, 3.63) is 73.7 Å². The monoisotopic (exact) mass is 215 g/mol. The van der Waals surface area contributed by atoms with Crippen molar-refractivity contribution in [2.24, 2.45) is 0 Å². The van der Waals surface area contributed by atoms with Gasteiger partial charge >= 0.3 is 0 Å². The van der Waals surface area contributed by atoms with Gasteiger partial charge in [0, 0.05) is 24.8 Å². The molecule has 4 heteroatoms. The summed E-state index contributed by atoms with van der Waals surface area (Å²) in [5, 5.41) is 6.21. The lowest BCUT2D eigenvalue weighted by Gasteiger charge is -1.70. The van der Waals surface area contributed by atoms with Gasteiger partial charge in [-0.1, -0.05) is 6.07 Å². The molecule has 0 amide bonds. The summed E-state index contributed by atoms with van der Waals surface area (Å²) in [6.07, 6.45) is 10.2. The highest BCUT2D eigenvalue weighted by Gasteiger charge is 1.59. The molecule has 0 atom stereocenters. The molecule has 0 spiro atoms. The van der Waals surface area contributed by atoms with Gasteiger partial charge in [0.15, 0.2) is 0 Å². The predicted molar refractivity (Wildman–Crippen MR) is 61.5 cm³/mol. The van der Waals surface area contributed by atoms with Crippen molar-refractivity contribution in [2.45, 2.75) is 0 Å². The van der Waals surface area contributed by atoms with Gasteiger partial charge in [-0.15, -0.1) is 0 Å². The Bertz CT molecular complexity index is 308. The Hall–Kier alpha value is -2.36. The van der Waals surface area contributed by atoms with Crippen molar-refractivity contribution in [2.75, 3.05) is 0 Å². The number of hydrogen-bond donors (Lipinski definition) is 1. The van der Waals surface area contributed by atoms with Crippen molar-refractivity contribution < 1.29 is 4.42 Å². The molecule has 3 aromatic heterocycles. The lowest BCUT2D eigenvalue weighted by Crippen LogP contribution is -1.58. The Morgan fingerprint density at radius 3 is 1.69 bits per heavy atom. The van der Waals surface area contributed by atoms with Crippen LogP contribution in [0.1, 0.15) is 0 Å². The third-order valence-electron chi connectivity index (χ3n) is 1.40. The average Bonchev–Trinajstić information content (AvgIpc) is 3.10. The van der Waals surface area contributed by atoms with Gasteiger partial charge in [-0.2, -0.15) is 5.10 Å². The zero-order chi connectivity index (χ0) is 11.3. The molecule has 0 unspecified atom stereocenters. The van der Waals surface area contributed by atoms with Crippen LogP contribution in [0.25, 0.3) is 0 Å². The van der Waals surface area contributed by atoms with Crippen LogP contribution in [0, 0.1) is 0 Å². The highest BCUT2D eigenvalue weighted by atomic mass is 16.3. The van der Waals surface area contributed by atoms with Crippen LogP contribution in [0.5, 0.6) is 0 Å². The summed E-state index contributed by atoms with van der Waals surface area (Å²) in [6, 6.07) is 11.2. The minimum absolute atomic E-state index is 1.62. The summed E-state index contributed by atoms with van der Waals surface area (Å²) in [5.74, 6) is 0. The van der Waals surface area contributed by atoms with Crippen molar-refractivity contribution in [1.82, 2.24) is 15.2 Å². The lowest BCUT2D eigenvalue weighted by atomic mass is 10.5. The zero-order valence-electron chi connectivity index (χ0n) is 8.73. The fraction of sp³-hybridized carbons (Fsp3) is 0. The Kier molecular flexibility index (Phi) is 6.74. The molecule has 3 rings (SSSR count). The number of nitrogens with zero attached hydrogens (tertiary/aromatic N) is 2. The first-order valence-electron chi connectivity index (χ1n) is 4.76. The number of rotatable bonds is 0. The maximum Gasteiger partial charge on any atom is 0.0902 e. The standard InChI is InChI=1S/C5H5N.C4H4O.C3H4N2/c1-2-4-6-5-3-1;2*1-2-4-5-3-1/h1-5H;1-4H;1-3H,(H,4,5). The number of hydrogen-bond acceptors (Lipinski definition) is 3. The lowest BCUT2D eigenvalue weighted by molar-refractivity contribution is 0.567. The first kappa shape index (κ1) is 11.7. The van der Waals surface area contributed by atoms with E-state index in [9.17, 15) is 0 Å². The molecule has 0 aliphatic rings. The van der Waals surface area contributed by atoms with Crippen LogP contribution < -0.4 is 0 Å². The van der Waals surface area contributed by atoms with E-state index in [2.05, 4.69) is 19.6 Å². The molecule has 1 N–H and O–H groups in total. The number of aromatic amines is 1. The fourth-order valence-electron chi connectivity index (χ4n) is 0.755. The van der Waals surface area contributed by atoms with E-state index in [4.69, 9.17) is 0 Å². The van der Waals surface area contributed by atoms with E-state index in [0.29, 0.717) is 0 Å². The molecule has 4 nitrogen and oxygen atoms in total. The van der Waals surface area contributed by atoms with Crippen LogP contribution >= 0.6 is 0 Å². The maximum absolute atomic E-state index is 4.58. The molecule has 0 aliphatic carbocycles. The molecule has 16 heavy (non-hydrogen) atoms. The first-order valence-corrected chi connectivity index (χ1v) is 4.76. The van der Waals surface area contributed by atoms with Gasteiger partial charge < -0.3 is 4.42 Å². The van der Waals surface area contributed by atoms with Crippen LogP contribution in [0.2, 0.25) is 0 Å². The topological polar surface area (TPSA) is 54.7 Å². The van der Waals surface area contributed by atoms with Gasteiger partial charge in [-0.25, -0.2) is 0 Å². The van der Waals surface area contributed by atoms with Crippen LogP contribution in [0.4, 0.5) is 0 Å². The minimum atomic E-state index is 1.62. The number of aromatic nitrogens is 3. The third-order valence-corrected chi connectivity index (χ3v) is 1.40. The van der Waals surface area contributed by atoms with Gasteiger partial charge in [0.1, 0.15) is 0 Å². The van der Waals surface area contributed by atoms with Crippen LogP contribution in [0.3, 0.4) is 0 Å². The van der Waals surface area contributed by atoms with E-state index < -0.39 is 0 Å². The molecule has 3 aromatic rings. The largest absolute Gasteiger partial charge is 0.473 e. The first-order chi connectivity index (χ1) is 8.00. The Morgan fingerprint density at radius 1 is 0.750 bits per heavy atom. The highest BCUT2D eigenvalue weighted by Crippen LogP contribution is 1.79. The van der Waals surface area contributed by atoms with Crippen LogP contribution in [-0.2, 0) is 0 Å². The molecular formula is C12H13N3O. The third kappa shape index (κ3) is 7.08. The molecular weight excluding hydrogens is 202 g/mol. The second-order valence-corrected chi connectivity index (χ2v) is 2.58. The number of nitrogens with one attached hydrogen (secondary N) is 1. The van der Waals surface area contributed by atoms with Crippen molar-refractivity contribution in [3.8, 4) is 0 Å². The SMILES string of the molecule is c1ccncc1.c1ccoc1.c1cn[nH]c1. The van der Waals surface area contributed by atoms with Crippen molar-refractivity contribution in [1.29, 1.82) is 0 Å². The van der Waals surface area contributed by atoms with Gasteiger partial charge in [0.2, 0.25) is 0 Å². The quantitative estimate of drug-likeness (QED) is 0.627. The van der Waals surface area contributed by atoms with E-state index >= 15 is 0 Å². The fourth-order valence-corrected chi connectivity index (χ4v) is 0.755. The molecule has 0 radical (unpaired) electrons. The van der Waals surface area contributed by atoms with E-state index in [0.717, 1.165) is 0 Å². The van der Waals surface area contributed by atoms with Gasteiger partial charge in [0.25, 0.3) is 0 Å². The van der Waals surface area contributed by atoms with Crippen molar-refractivity contribution >= 4 is 0 Å². The molecule has 0 saturated carbocycles. The van der Waals surface area contributed by atoms with Gasteiger partial charge in [0.05, 0.1) is 12.5 Å². The average molecular weight is 215 g/mol.